The summed E-state index contributed by atoms with van der Waals surface area (Å²) < 4.78 is 9.66. The van der Waals surface area contributed by atoms with Crippen molar-refractivity contribution in [2.75, 3.05) is 13.2 Å². The molecular weight excluding hydrogens is 262 g/mol. The van der Waals surface area contributed by atoms with Crippen LogP contribution in [-0.2, 0) is 23.9 Å². The molecule has 0 rings (SSSR count). The van der Waals surface area contributed by atoms with Gasteiger partial charge in [-0.05, 0) is 19.8 Å². The number of carbonyl (C=O) groups excluding carboxylic acids is 3. The number of hydrogen-bond acceptors (Lipinski definition) is 5. The van der Waals surface area contributed by atoms with Gasteiger partial charge in [0.2, 0.25) is 0 Å². The third-order valence-corrected chi connectivity index (χ3v) is 2.64. The standard InChI is InChI=1S/C14H25NO5/c1-4-7-9-11(13(17)20-10-8-5-2)15-12(16)14(18)19-6-3/h11H,4-10H2,1-3H3,(H,15,16). The second kappa shape index (κ2) is 11.3. The average molecular weight is 287 g/mol. The summed E-state index contributed by atoms with van der Waals surface area (Å²) >= 11 is 0. The summed E-state index contributed by atoms with van der Waals surface area (Å²) in [5.41, 5.74) is 0. The molecule has 1 unspecified atom stereocenters. The third kappa shape index (κ3) is 7.76. The van der Waals surface area contributed by atoms with Gasteiger partial charge >= 0.3 is 17.8 Å². The van der Waals surface area contributed by atoms with E-state index in [1.807, 2.05) is 13.8 Å². The van der Waals surface area contributed by atoms with Crippen LogP contribution >= 0.6 is 0 Å². The number of rotatable bonds is 9. The molecule has 6 heteroatoms. The van der Waals surface area contributed by atoms with Crippen molar-refractivity contribution in [1.82, 2.24) is 5.32 Å². The highest BCUT2D eigenvalue weighted by Gasteiger charge is 2.25. The zero-order chi connectivity index (χ0) is 15.4. The normalized spacial score (nSPS) is 11.6. The Labute approximate surface area is 120 Å². The molecule has 0 radical (unpaired) electrons. The fraction of sp³-hybridized carbons (Fsp3) is 0.786. The van der Waals surface area contributed by atoms with Crippen LogP contribution in [0.25, 0.3) is 0 Å². The summed E-state index contributed by atoms with van der Waals surface area (Å²) in [6.45, 7) is 6.02. The highest BCUT2D eigenvalue weighted by atomic mass is 16.5. The lowest BCUT2D eigenvalue weighted by atomic mass is 10.1. The molecule has 0 saturated carbocycles. The minimum absolute atomic E-state index is 0.118. The maximum absolute atomic E-state index is 11.9. The van der Waals surface area contributed by atoms with Crippen LogP contribution in [0.15, 0.2) is 0 Å². The van der Waals surface area contributed by atoms with Gasteiger partial charge in [-0.2, -0.15) is 0 Å². The zero-order valence-corrected chi connectivity index (χ0v) is 12.6. The average Bonchev–Trinajstić information content (AvgIpc) is 2.43. The van der Waals surface area contributed by atoms with Crippen LogP contribution in [-0.4, -0.2) is 37.1 Å². The van der Waals surface area contributed by atoms with Crippen LogP contribution in [0, 0.1) is 0 Å². The van der Waals surface area contributed by atoms with E-state index in [4.69, 9.17) is 4.74 Å². The molecule has 0 aliphatic heterocycles. The first-order valence-electron chi connectivity index (χ1n) is 7.20. The van der Waals surface area contributed by atoms with Crippen LogP contribution in [0.2, 0.25) is 0 Å². The zero-order valence-electron chi connectivity index (χ0n) is 12.6. The molecule has 1 atom stereocenters. The summed E-state index contributed by atoms with van der Waals surface area (Å²) in [5, 5.41) is 2.38. The van der Waals surface area contributed by atoms with Gasteiger partial charge in [-0.25, -0.2) is 9.59 Å². The van der Waals surface area contributed by atoms with Crippen LogP contribution in [0.5, 0.6) is 0 Å². The van der Waals surface area contributed by atoms with Gasteiger partial charge in [0.25, 0.3) is 0 Å². The first-order valence-corrected chi connectivity index (χ1v) is 7.20. The molecule has 0 aliphatic rings. The number of unbranched alkanes of at least 4 members (excludes halogenated alkanes) is 2. The van der Waals surface area contributed by atoms with Gasteiger partial charge in [-0.15, -0.1) is 0 Å². The molecule has 0 aromatic heterocycles. The third-order valence-electron chi connectivity index (χ3n) is 2.64. The lowest BCUT2D eigenvalue weighted by Crippen LogP contribution is -2.45. The van der Waals surface area contributed by atoms with E-state index in [1.165, 1.54) is 0 Å². The predicted octanol–water partition coefficient (Wildman–Crippen LogP) is 1.57. The largest absolute Gasteiger partial charge is 0.464 e. The summed E-state index contributed by atoms with van der Waals surface area (Å²) in [7, 11) is 0. The number of hydrogen-bond donors (Lipinski definition) is 1. The Morgan fingerprint density at radius 3 is 2.20 bits per heavy atom. The molecule has 6 nitrogen and oxygen atoms in total. The van der Waals surface area contributed by atoms with Crippen molar-refractivity contribution in [2.45, 2.75) is 58.9 Å². The smallest absolute Gasteiger partial charge is 0.396 e. The van der Waals surface area contributed by atoms with Crippen molar-refractivity contribution in [3.63, 3.8) is 0 Å². The van der Waals surface area contributed by atoms with E-state index in [0.29, 0.717) is 13.0 Å². The molecule has 20 heavy (non-hydrogen) atoms. The molecule has 0 saturated heterocycles. The second-order valence-electron chi connectivity index (χ2n) is 4.41. The molecule has 116 valence electrons. The summed E-state index contributed by atoms with van der Waals surface area (Å²) in [5.74, 6) is -2.37. The number of amides is 1. The van der Waals surface area contributed by atoms with E-state index in [-0.39, 0.29) is 6.61 Å². The lowest BCUT2D eigenvalue weighted by molar-refractivity contribution is -0.156. The molecule has 1 N–H and O–H groups in total. The Bertz CT molecular complexity index is 317. The van der Waals surface area contributed by atoms with Crippen molar-refractivity contribution in [2.24, 2.45) is 0 Å². The van der Waals surface area contributed by atoms with E-state index in [0.717, 1.165) is 25.7 Å². The number of nitrogens with one attached hydrogen (secondary N) is 1. The van der Waals surface area contributed by atoms with Crippen molar-refractivity contribution in [3.8, 4) is 0 Å². The van der Waals surface area contributed by atoms with Gasteiger partial charge in [-0.1, -0.05) is 33.1 Å². The van der Waals surface area contributed by atoms with Gasteiger partial charge in [0.05, 0.1) is 13.2 Å². The van der Waals surface area contributed by atoms with Gasteiger partial charge in [0.1, 0.15) is 6.04 Å². The van der Waals surface area contributed by atoms with Crippen molar-refractivity contribution < 1.29 is 23.9 Å². The van der Waals surface area contributed by atoms with Gasteiger partial charge in [-0.3, -0.25) is 4.79 Å². The van der Waals surface area contributed by atoms with Crippen molar-refractivity contribution in [1.29, 1.82) is 0 Å². The van der Waals surface area contributed by atoms with E-state index >= 15 is 0 Å². The minimum Gasteiger partial charge on any atom is -0.464 e. The van der Waals surface area contributed by atoms with E-state index in [2.05, 4.69) is 10.1 Å². The highest BCUT2D eigenvalue weighted by Crippen LogP contribution is 2.04. The van der Waals surface area contributed by atoms with E-state index in [9.17, 15) is 14.4 Å². The number of ether oxygens (including phenoxy) is 2. The molecule has 0 aromatic carbocycles. The maximum atomic E-state index is 11.9. The molecule has 0 aliphatic carbocycles. The Morgan fingerprint density at radius 1 is 1.00 bits per heavy atom. The second-order valence-corrected chi connectivity index (χ2v) is 4.41. The first kappa shape index (κ1) is 18.4. The Morgan fingerprint density at radius 2 is 1.65 bits per heavy atom. The summed E-state index contributed by atoms with van der Waals surface area (Å²) in [6.07, 6.45) is 3.79. The molecule has 0 spiro atoms. The Balaban J connectivity index is 4.42. The quantitative estimate of drug-likeness (QED) is 0.395. The van der Waals surface area contributed by atoms with E-state index in [1.54, 1.807) is 6.92 Å². The first-order chi connectivity index (χ1) is 9.56. The van der Waals surface area contributed by atoms with E-state index < -0.39 is 23.9 Å². The van der Waals surface area contributed by atoms with Crippen LogP contribution in [0.1, 0.15) is 52.9 Å². The van der Waals surface area contributed by atoms with Gasteiger partial charge in [0.15, 0.2) is 0 Å². The van der Waals surface area contributed by atoms with Crippen LogP contribution in [0.4, 0.5) is 0 Å². The monoisotopic (exact) mass is 287 g/mol. The molecule has 0 heterocycles. The fourth-order valence-electron chi connectivity index (χ4n) is 1.49. The molecule has 1 amide bonds. The van der Waals surface area contributed by atoms with Crippen LogP contribution < -0.4 is 5.32 Å². The Hall–Kier alpha value is -1.59. The Kier molecular flexibility index (Phi) is 10.4. The number of carbonyl (C=O) groups is 3. The minimum atomic E-state index is -0.977. The molecule has 0 bridgehead atoms. The number of esters is 2. The predicted molar refractivity (Wildman–Crippen MR) is 74.0 cm³/mol. The summed E-state index contributed by atoms with van der Waals surface area (Å²) in [4.78, 5) is 34.6. The molecule has 0 aromatic rings. The fourth-order valence-corrected chi connectivity index (χ4v) is 1.49. The highest BCUT2D eigenvalue weighted by molar-refractivity contribution is 6.32. The van der Waals surface area contributed by atoms with Gasteiger partial charge < -0.3 is 14.8 Å². The summed E-state index contributed by atoms with van der Waals surface area (Å²) in [6, 6.07) is -0.788. The van der Waals surface area contributed by atoms with Gasteiger partial charge in [0, 0.05) is 0 Å². The lowest BCUT2D eigenvalue weighted by Gasteiger charge is -2.16. The topological polar surface area (TPSA) is 81.7 Å². The maximum Gasteiger partial charge on any atom is 0.396 e. The SMILES string of the molecule is CCCCOC(=O)C(CCCC)NC(=O)C(=O)OCC. The molecular formula is C14H25NO5. The van der Waals surface area contributed by atoms with Crippen LogP contribution in [0.3, 0.4) is 0 Å². The molecule has 0 fully saturated rings. The van der Waals surface area contributed by atoms with Crippen molar-refractivity contribution in [3.05, 3.63) is 0 Å². The van der Waals surface area contributed by atoms with Crippen molar-refractivity contribution >= 4 is 17.8 Å².